The average Bonchev–Trinajstić information content (AvgIpc) is 2.80. The Labute approximate surface area is 134 Å². The zero-order valence-electron chi connectivity index (χ0n) is 14.1. The Hall–Kier alpha value is -0.420. The van der Waals surface area contributed by atoms with E-state index in [0.29, 0.717) is 0 Å². The van der Waals surface area contributed by atoms with Gasteiger partial charge in [0.05, 0.1) is 0 Å². The van der Waals surface area contributed by atoms with Crippen LogP contribution in [0.3, 0.4) is 0 Å². The highest BCUT2D eigenvalue weighted by molar-refractivity contribution is 7.12. The quantitative estimate of drug-likeness (QED) is 0.781. The van der Waals surface area contributed by atoms with Gasteiger partial charge < -0.3 is 10.2 Å². The summed E-state index contributed by atoms with van der Waals surface area (Å²) in [6.45, 7) is 10.2. The summed E-state index contributed by atoms with van der Waals surface area (Å²) in [5.41, 5.74) is 1.54. The van der Waals surface area contributed by atoms with Crippen molar-refractivity contribution < 1.29 is 0 Å². The van der Waals surface area contributed by atoms with E-state index in [-0.39, 0.29) is 0 Å². The summed E-state index contributed by atoms with van der Waals surface area (Å²) >= 11 is 1.96. The van der Waals surface area contributed by atoms with Gasteiger partial charge in [0, 0.05) is 28.9 Å². The van der Waals surface area contributed by atoms with Gasteiger partial charge in [0.25, 0.3) is 0 Å². The number of hydrogen-bond donors (Lipinski definition) is 1. The standard InChI is InChI=1S/C17H31N3S/c1-5-8-18-12-17-11-15(14(2)21-17)13-20-9-6-16(7-10-20)19(3)4/h11,16,18H,5-10,12-13H2,1-4H3. The second kappa shape index (κ2) is 8.28. The molecule has 1 N–H and O–H groups in total. The Morgan fingerprint density at radius 1 is 1.33 bits per heavy atom. The average molecular weight is 310 g/mol. The highest BCUT2D eigenvalue weighted by Gasteiger charge is 2.21. The summed E-state index contributed by atoms with van der Waals surface area (Å²) in [4.78, 5) is 7.99. The first-order valence-corrected chi connectivity index (χ1v) is 9.09. The van der Waals surface area contributed by atoms with Crippen molar-refractivity contribution in [1.82, 2.24) is 15.1 Å². The van der Waals surface area contributed by atoms with Crippen LogP contribution in [0.15, 0.2) is 6.07 Å². The molecule has 1 aromatic heterocycles. The monoisotopic (exact) mass is 309 g/mol. The molecule has 0 radical (unpaired) electrons. The lowest BCUT2D eigenvalue weighted by Gasteiger charge is -2.35. The molecule has 0 spiro atoms. The Balaban J connectivity index is 1.83. The van der Waals surface area contributed by atoms with Crippen molar-refractivity contribution in [3.8, 4) is 0 Å². The fraction of sp³-hybridized carbons (Fsp3) is 0.765. The Morgan fingerprint density at radius 3 is 2.67 bits per heavy atom. The van der Waals surface area contributed by atoms with Crippen molar-refractivity contribution in [3.63, 3.8) is 0 Å². The van der Waals surface area contributed by atoms with E-state index in [1.165, 1.54) is 47.7 Å². The number of aryl methyl sites for hydroxylation is 1. The molecule has 120 valence electrons. The van der Waals surface area contributed by atoms with Gasteiger partial charge >= 0.3 is 0 Å². The van der Waals surface area contributed by atoms with Crippen LogP contribution < -0.4 is 5.32 Å². The van der Waals surface area contributed by atoms with Crippen LogP contribution in [0, 0.1) is 6.92 Å². The van der Waals surface area contributed by atoms with Crippen LogP contribution in [0.2, 0.25) is 0 Å². The molecule has 3 nitrogen and oxygen atoms in total. The molecule has 0 unspecified atom stereocenters. The first kappa shape index (κ1) is 16.9. The van der Waals surface area contributed by atoms with E-state index in [9.17, 15) is 0 Å². The van der Waals surface area contributed by atoms with E-state index >= 15 is 0 Å². The zero-order chi connectivity index (χ0) is 15.2. The predicted octanol–water partition coefficient (Wildman–Crippen LogP) is 3.08. The molecule has 1 saturated heterocycles. The van der Waals surface area contributed by atoms with Gasteiger partial charge in [0.1, 0.15) is 0 Å². The lowest BCUT2D eigenvalue weighted by Crippen LogP contribution is -2.41. The van der Waals surface area contributed by atoms with Crippen molar-refractivity contribution in [2.75, 3.05) is 33.7 Å². The van der Waals surface area contributed by atoms with Gasteiger partial charge in [-0.15, -0.1) is 11.3 Å². The van der Waals surface area contributed by atoms with Gasteiger partial charge in [0.2, 0.25) is 0 Å². The van der Waals surface area contributed by atoms with Gasteiger partial charge in [-0.3, -0.25) is 4.90 Å². The van der Waals surface area contributed by atoms with Gasteiger partial charge in [-0.25, -0.2) is 0 Å². The largest absolute Gasteiger partial charge is 0.312 e. The molecule has 1 aliphatic rings. The Bertz CT molecular complexity index is 420. The minimum Gasteiger partial charge on any atom is -0.312 e. The molecule has 4 heteroatoms. The highest BCUT2D eigenvalue weighted by atomic mass is 32.1. The van der Waals surface area contributed by atoms with Gasteiger partial charge in [-0.1, -0.05) is 6.92 Å². The maximum absolute atomic E-state index is 3.51. The second-order valence-electron chi connectivity index (χ2n) is 6.44. The summed E-state index contributed by atoms with van der Waals surface area (Å²) in [5, 5.41) is 3.51. The van der Waals surface area contributed by atoms with E-state index in [4.69, 9.17) is 0 Å². The summed E-state index contributed by atoms with van der Waals surface area (Å²) in [7, 11) is 4.41. The van der Waals surface area contributed by atoms with E-state index in [1.54, 1.807) is 0 Å². The molecule has 1 aliphatic heterocycles. The topological polar surface area (TPSA) is 18.5 Å². The number of nitrogens with zero attached hydrogens (tertiary/aromatic N) is 2. The lowest BCUT2D eigenvalue weighted by atomic mass is 10.0. The highest BCUT2D eigenvalue weighted by Crippen LogP contribution is 2.24. The van der Waals surface area contributed by atoms with Crippen molar-refractivity contribution in [2.45, 2.75) is 52.2 Å². The smallest absolute Gasteiger partial charge is 0.0299 e. The molecular weight excluding hydrogens is 278 g/mol. The SMILES string of the molecule is CCCNCc1cc(CN2CCC(N(C)C)CC2)c(C)s1. The molecule has 2 rings (SSSR count). The molecule has 0 aliphatic carbocycles. The minimum absolute atomic E-state index is 0.777. The van der Waals surface area contributed by atoms with E-state index in [1.807, 2.05) is 11.3 Å². The Kier molecular flexibility index (Phi) is 6.68. The maximum atomic E-state index is 3.51. The van der Waals surface area contributed by atoms with Gasteiger partial charge in [-0.2, -0.15) is 0 Å². The van der Waals surface area contributed by atoms with Crippen LogP contribution in [0.25, 0.3) is 0 Å². The number of hydrogen-bond acceptors (Lipinski definition) is 4. The van der Waals surface area contributed by atoms with Crippen molar-refractivity contribution in [2.24, 2.45) is 0 Å². The molecule has 2 heterocycles. The zero-order valence-corrected chi connectivity index (χ0v) is 14.9. The summed E-state index contributed by atoms with van der Waals surface area (Å²) in [6.07, 6.45) is 3.82. The van der Waals surface area contributed by atoms with Gasteiger partial charge in [-0.05, 0) is 71.5 Å². The van der Waals surface area contributed by atoms with Crippen LogP contribution in [0.1, 0.15) is 41.5 Å². The fourth-order valence-electron chi connectivity index (χ4n) is 3.05. The van der Waals surface area contributed by atoms with E-state index in [0.717, 1.165) is 25.7 Å². The van der Waals surface area contributed by atoms with Crippen molar-refractivity contribution in [3.05, 3.63) is 21.4 Å². The third-order valence-corrected chi connectivity index (χ3v) is 5.57. The van der Waals surface area contributed by atoms with Crippen molar-refractivity contribution >= 4 is 11.3 Å². The van der Waals surface area contributed by atoms with Crippen LogP contribution in [0.4, 0.5) is 0 Å². The fourth-order valence-corrected chi connectivity index (χ4v) is 4.08. The molecule has 1 aromatic rings. The third kappa shape index (κ3) is 5.06. The summed E-state index contributed by atoms with van der Waals surface area (Å²) < 4.78 is 0. The number of rotatable bonds is 7. The maximum Gasteiger partial charge on any atom is 0.0299 e. The predicted molar refractivity (Wildman–Crippen MR) is 93.0 cm³/mol. The molecule has 0 saturated carbocycles. The minimum atomic E-state index is 0.777. The van der Waals surface area contributed by atoms with E-state index < -0.39 is 0 Å². The van der Waals surface area contributed by atoms with Crippen LogP contribution in [-0.2, 0) is 13.1 Å². The molecule has 0 bridgehead atoms. The van der Waals surface area contributed by atoms with Crippen LogP contribution in [0.5, 0.6) is 0 Å². The number of nitrogens with one attached hydrogen (secondary N) is 1. The Morgan fingerprint density at radius 2 is 2.05 bits per heavy atom. The molecular formula is C17H31N3S. The first-order chi connectivity index (χ1) is 10.1. The van der Waals surface area contributed by atoms with Crippen LogP contribution in [-0.4, -0.2) is 49.6 Å². The van der Waals surface area contributed by atoms with Gasteiger partial charge in [0.15, 0.2) is 0 Å². The van der Waals surface area contributed by atoms with Crippen molar-refractivity contribution in [1.29, 1.82) is 0 Å². The molecule has 0 amide bonds. The van der Waals surface area contributed by atoms with E-state index in [2.05, 4.69) is 49.1 Å². The normalized spacial score (nSPS) is 17.8. The summed E-state index contributed by atoms with van der Waals surface area (Å²) in [5.74, 6) is 0. The molecule has 21 heavy (non-hydrogen) atoms. The third-order valence-electron chi connectivity index (χ3n) is 4.48. The first-order valence-electron chi connectivity index (χ1n) is 8.27. The number of thiophene rings is 1. The number of piperidine rings is 1. The molecule has 1 fully saturated rings. The summed E-state index contributed by atoms with van der Waals surface area (Å²) in [6, 6.07) is 3.19. The molecule has 0 aromatic carbocycles. The lowest BCUT2D eigenvalue weighted by molar-refractivity contribution is 0.140. The second-order valence-corrected chi connectivity index (χ2v) is 7.78. The van der Waals surface area contributed by atoms with Crippen LogP contribution >= 0.6 is 11.3 Å². The number of likely N-dealkylation sites (tertiary alicyclic amines) is 1. The molecule has 0 atom stereocenters.